The molecule has 1 aromatic carbocycles. The molecule has 0 aliphatic rings. The van der Waals surface area contributed by atoms with Gasteiger partial charge >= 0.3 is 0 Å². The number of nitrogens with zero attached hydrogens (tertiary/aromatic N) is 1. The van der Waals surface area contributed by atoms with Gasteiger partial charge in [0.15, 0.2) is 5.82 Å². The highest BCUT2D eigenvalue weighted by Crippen LogP contribution is 2.23. The van der Waals surface area contributed by atoms with Crippen molar-refractivity contribution in [2.45, 2.75) is 25.3 Å². The monoisotopic (exact) mass is 292 g/mol. The number of hydrogen-bond donors (Lipinski definition) is 1. The van der Waals surface area contributed by atoms with Crippen molar-refractivity contribution < 1.29 is 17.2 Å². The van der Waals surface area contributed by atoms with E-state index in [4.69, 9.17) is 5.73 Å². The number of benzene rings is 1. The van der Waals surface area contributed by atoms with Crippen LogP contribution in [-0.2, 0) is 16.6 Å². The van der Waals surface area contributed by atoms with Gasteiger partial charge in [-0.1, -0.05) is 13.8 Å². The summed E-state index contributed by atoms with van der Waals surface area (Å²) in [7, 11) is -2.62. The summed E-state index contributed by atoms with van der Waals surface area (Å²) in [4.78, 5) is -0.544. The lowest BCUT2D eigenvalue weighted by molar-refractivity contribution is 0.413. The minimum absolute atomic E-state index is 0.0947. The normalized spacial score (nSPS) is 12.4. The number of sulfonamides is 1. The summed E-state index contributed by atoms with van der Waals surface area (Å²) in [6, 6.07) is 1.84. The molecule has 0 aromatic heterocycles. The molecule has 4 nitrogen and oxygen atoms in total. The molecule has 0 bridgehead atoms. The molecule has 19 heavy (non-hydrogen) atoms. The lowest BCUT2D eigenvalue weighted by Gasteiger charge is -2.20. The van der Waals surface area contributed by atoms with E-state index in [1.165, 1.54) is 7.05 Å². The van der Waals surface area contributed by atoms with Gasteiger partial charge in [-0.05, 0) is 18.1 Å². The number of halogens is 2. The molecule has 0 saturated carbocycles. The zero-order valence-electron chi connectivity index (χ0n) is 11.2. The first kappa shape index (κ1) is 16.0. The van der Waals surface area contributed by atoms with Gasteiger partial charge < -0.3 is 5.73 Å². The molecule has 108 valence electrons. The fourth-order valence-electron chi connectivity index (χ4n) is 1.74. The predicted molar refractivity (Wildman–Crippen MR) is 68.9 cm³/mol. The Bertz CT molecular complexity index is 559. The van der Waals surface area contributed by atoms with Crippen molar-refractivity contribution in [3.63, 3.8) is 0 Å². The molecule has 0 heterocycles. The molecule has 0 fully saturated rings. The Morgan fingerprint density at radius 3 is 2.37 bits per heavy atom. The predicted octanol–water partition coefficient (Wildman–Crippen LogP) is 1.70. The summed E-state index contributed by atoms with van der Waals surface area (Å²) >= 11 is 0. The fourth-order valence-corrected chi connectivity index (χ4v) is 3.16. The van der Waals surface area contributed by atoms with Crippen molar-refractivity contribution in [3.8, 4) is 0 Å². The van der Waals surface area contributed by atoms with Crippen LogP contribution in [0.5, 0.6) is 0 Å². The highest BCUT2D eigenvalue weighted by Gasteiger charge is 2.27. The zero-order valence-corrected chi connectivity index (χ0v) is 12.0. The number of hydrogen-bond acceptors (Lipinski definition) is 3. The molecule has 0 spiro atoms. The Morgan fingerprint density at radius 2 is 1.89 bits per heavy atom. The summed E-state index contributed by atoms with van der Waals surface area (Å²) in [6.07, 6.45) is 0. The van der Waals surface area contributed by atoms with Crippen molar-refractivity contribution in [3.05, 3.63) is 29.3 Å². The molecule has 7 heteroatoms. The Balaban J connectivity index is 3.30. The van der Waals surface area contributed by atoms with Crippen molar-refractivity contribution in [1.82, 2.24) is 4.31 Å². The van der Waals surface area contributed by atoms with Crippen molar-refractivity contribution >= 4 is 10.0 Å². The van der Waals surface area contributed by atoms with Crippen LogP contribution in [0.3, 0.4) is 0 Å². The van der Waals surface area contributed by atoms with Crippen LogP contribution in [0, 0.1) is 17.6 Å². The van der Waals surface area contributed by atoms with E-state index in [9.17, 15) is 17.2 Å². The van der Waals surface area contributed by atoms with Crippen LogP contribution in [0.15, 0.2) is 17.0 Å². The first-order valence-electron chi connectivity index (χ1n) is 5.85. The number of nitrogens with two attached hydrogens (primary N) is 1. The van der Waals surface area contributed by atoms with E-state index < -0.39 is 38.7 Å². The topological polar surface area (TPSA) is 63.4 Å². The third-order valence-electron chi connectivity index (χ3n) is 2.67. The van der Waals surface area contributed by atoms with E-state index in [-0.39, 0.29) is 12.5 Å². The molecule has 0 unspecified atom stereocenters. The van der Waals surface area contributed by atoms with Gasteiger partial charge in [0.25, 0.3) is 0 Å². The van der Waals surface area contributed by atoms with E-state index in [2.05, 4.69) is 0 Å². The summed E-state index contributed by atoms with van der Waals surface area (Å²) in [5.74, 6) is -1.86. The first-order valence-corrected chi connectivity index (χ1v) is 7.29. The summed E-state index contributed by atoms with van der Waals surface area (Å²) in [6.45, 7) is 3.54. The fraction of sp³-hybridized carbons (Fsp3) is 0.500. The molecular weight excluding hydrogens is 274 g/mol. The van der Waals surface area contributed by atoms with Crippen LogP contribution in [0.4, 0.5) is 8.78 Å². The van der Waals surface area contributed by atoms with Crippen molar-refractivity contribution in [1.29, 1.82) is 0 Å². The SMILES string of the molecule is CC(C)CN(C)S(=O)(=O)c1ccc(F)c(CN)c1F. The summed E-state index contributed by atoms with van der Waals surface area (Å²) in [5.41, 5.74) is 4.81. The Labute approximate surface area is 112 Å². The van der Waals surface area contributed by atoms with Crippen LogP contribution < -0.4 is 5.73 Å². The van der Waals surface area contributed by atoms with Crippen LogP contribution in [0.1, 0.15) is 19.4 Å². The van der Waals surface area contributed by atoms with Crippen LogP contribution in [-0.4, -0.2) is 26.3 Å². The summed E-state index contributed by atoms with van der Waals surface area (Å²) in [5, 5.41) is 0. The van der Waals surface area contributed by atoms with Gasteiger partial charge in [-0.3, -0.25) is 0 Å². The molecule has 0 saturated heterocycles. The minimum Gasteiger partial charge on any atom is -0.326 e. The largest absolute Gasteiger partial charge is 0.326 e. The van der Waals surface area contributed by atoms with E-state index in [1.807, 2.05) is 13.8 Å². The highest BCUT2D eigenvalue weighted by atomic mass is 32.2. The van der Waals surface area contributed by atoms with Gasteiger partial charge in [0.05, 0.1) is 0 Å². The minimum atomic E-state index is -3.98. The van der Waals surface area contributed by atoms with Crippen LogP contribution >= 0.6 is 0 Å². The van der Waals surface area contributed by atoms with Gasteiger partial charge in [-0.25, -0.2) is 21.5 Å². The molecule has 0 aliphatic heterocycles. The van der Waals surface area contributed by atoms with Crippen molar-refractivity contribution in [2.24, 2.45) is 11.7 Å². The second kappa shape index (κ2) is 5.94. The Morgan fingerprint density at radius 1 is 1.32 bits per heavy atom. The molecule has 1 aromatic rings. The molecule has 0 atom stereocenters. The third kappa shape index (κ3) is 3.29. The van der Waals surface area contributed by atoms with E-state index in [0.29, 0.717) is 0 Å². The van der Waals surface area contributed by atoms with Crippen LogP contribution in [0.25, 0.3) is 0 Å². The quantitative estimate of drug-likeness (QED) is 0.898. The molecule has 0 aliphatic carbocycles. The number of rotatable bonds is 5. The van der Waals surface area contributed by atoms with E-state index in [0.717, 1.165) is 16.4 Å². The van der Waals surface area contributed by atoms with E-state index in [1.54, 1.807) is 0 Å². The van der Waals surface area contributed by atoms with Crippen LogP contribution in [0.2, 0.25) is 0 Å². The maximum absolute atomic E-state index is 14.0. The maximum Gasteiger partial charge on any atom is 0.245 e. The average Bonchev–Trinajstić information content (AvgIpc) is 2.28. The van der Waals surface area contributed by atoms with Crippen molar-refractivity contribution in [2.75, 3.05) is 13.6 Å². The lowest BCUT2D eigenvalue weighted by atomic mass is 10.2. The molecule has 2 N–H and O–H groups in total. The zero-order chi connectivity index (χ0) is 14.8. The Hall–Kier alpha value is -1.05. The van der Waals surface area contributed by atoms with Gasteiger partial charge in [-0.15, -0.1) is 0 Å². The third-order valence-corrected chi connectivity index (χ3v) is 4.51. The van der Waals surface area contributed by atoms with Gasteiger partial charge in [0, 0.05) is 25.7 Å². The maximum atomic E-state index is 14.0. The first-order chi connectivity index (χ1) is 8.71. The second-order valence-electron chi connectivity index (χ2n) is 4.72. The molecule has 0 radical (unpaired) electrons. The average molecular weight is 292 g/mol. The van der Waals surface area contributed by atoms with E-state index >= 15 is 0 Å². The standard InChI is InChI=1S/C12H18F2N2O2S/c1-8(2)7-16(3)19(17,18)11-5-4-10(13)9(6-15)12(11)14/h4-5,8H,6-7,15H2,1-3H3. The second-order valence-corrected chi connectivity index (χ2v) is 6.73. The van der Waals surface area contributed by atoms with Gasteiger partial charge in [-0.2, -0.15) is 0 Å². The highest BCUT2D eigenvalue weighted by molar-refractivity contribution is 7.89. The smallest absolute Gasteiger partial charge is 0.245 e. The summed E-state index contributed by atoms with van der Waals surface area (Å²) < 4.78 is 52.7. The lowest BCUT2D eigenvalue weighted by Crippen LogP contribution is -2.31. The molecular formula is C12H18F2N2O2S. The Kier molecular flexibility index (Phi) is 5.00. The molecule has 1 rings (SSSR count). The van der Waals surface area contributed by atoms with Gasteiger partial charge in [0.2, 0.25) is 10.0 Å². The molecule has 0 amide bonds. The van der Waals surface area contributed by atoms with Gasteiger partial charge in [0.1, 0.15) is 10.7 Å².